The minimum Gasteiger partial charge on any atom is -0.335 e. The van der Waals surface area contributed by atoms with Crippen molar-refractivity contribution in [2.24, 2.45) is 0 Å². The van der Waals surface area contributed by atoms with Crippen LogP contribution in [0.3, 0.4) is 0 Å². The Labute approximate surface area is 70.5 Å². The van der Waals surface area contributed by atoms with Crippen LogP contribution in [0.1, 0.15) is 17.8 Å². The van der Waals surface area contributed by atoms with Crippen molar-refractivity contribution in [3.63, 3.8) is 0 Å². The van der Waals surface area contributed by atoms with Crippen molar-refractivity contribution in [2.45, 2.75) is 6.42 Å². The predicted octanol–water partition coefficient (Wildman–Crippen LogP) is 0.0264. The molecule has 5 heteroatoms. The first-order chi connectivity index (χ1) is 5.79. The molecule has 0 atom stereocenters. The van der Waals surface area contributed by atoms with Gasteiger partial charge in [-0.1, -0.05) is 6.08 Å². The summed E-state index contributed by atoms with van der Waals surface area (Å²) in [6, 6.07) is 0. The molecule has 0 unspecified atom stereocenters. The van der Waals surface area contributed by atoms with Crippen molar-refractivity contribution in [3.8, 4) is 0 Å². The number of imidazole rings is 1. The van der Waals surface area contributed by atoms with E-state index in [9.17, 15) is 8.42 Å². The molecule has 0 aromatic carbocycles. The number of rotatable bonds is 0. The first kappa shape index (κ1) is 7.30. The van der Waals surface area contributed by atoms with Crippen LogP contribution in [0.25, 0.3) is 6.08 Å². The Hall–Kier alpha value is -1.36. The molecule has 2 rings (SSSR count). The van der Waals surface area contributed by atoms with E-state index in [1.54, 1.807) is 12.2 Å². The number of aromatic nitrogens is 2. The summed E-state index contributed by atoms with van der Waals surface area (Å²) >= 11 is 0. The zero-order valence-electron chi connectivity index (χ0n) is 6.03. The van der Waals surface area contributed by atoms with Gasteiger partial charge in [0.2, 0.25) is 10.3 Å². The highest BCUT2D eigenvalue weighted by atomic mass is 32.2. The summed E-state index contributed by atoms with van der Waals surface area (Å²) in [5.74, 6) is 0. The van der Waals surface area contributed by atoms with Gasteiger partial charge in [-0.3, -0.25) is 0 Å². The number of aromatic amines is 1. The van der Waals surface area contributed by atoms with Crippen LogP contribution in [0.5, 0.6) is 0 Å². The van der Waals surface area contributed by atoms with Gasteiger partial charge < -0.3 is 4.98 Å². The van der Waals surface area contributed by atoms with Gasteiger partial charge in [-0.05, 0) is 6.08 Å². The molecule has 0 saturated carbocycles. The van der Waals surface area contributed by atoms with Gasteiger partial charge >= 0.3 is 0 Å². The molecule has 0 amide bonds. The minimum atomic E-state index is -2.18. The molecule has 61 valence electrons. The fourth-order valence-corrected chi connectivity index (χ4v) is 1.67. The van der Waals surface area contributed by atoms with Crippen LogP contribution in [0.4, 0.5) is 0 Å². The Morgan fingerprint density at radius 1 is 1.58 bits per heavy atom. The highest BCUT2D eigenvalue weighted by molar-refractivity contribution is 7.73. The van der Waals surface area contributed by atoms with Crippen molar-refractivity contribution in [3.05, 3.63) is 23.8 Å². The lowest BCUT2D eigenvalue weighted by atomic mass is 10.1. The smallest absolute Gasteiger partial charge is 0.219 e. The summed E-state index contributed by atoms with van der Waals surface area (Å²) in [6.07, 6.45) is 6.50. The Bertz CT molecular complexity index is 459. The van der Waals surface area contributed by atoms with Gasteiger partial charge in [-0.2, -0.15) is 8.42 Å². The van der Waals surface area contributed by atoms with Gasteiger partial charge in [0.25, 0.3) is 0 Å². The van der Waals surface area contributed by atoms with Gasteiger partial charge in [0.1, 0.15) is 10.6 Å². The highest BCUT2D eigenvalue weighted by Crippen LogP contribution is 2.14. The molecule has 12 heavy (non-hydrogen) atoms. The van der Waals surface area contributed by atoms with Crippen LogP contribution in [0, 0.1) is 6.33 Å². The van der Waals surface area contributed by atoms with Gasteiger partial charge in [-0.15, -0.1) is 0 Å². The molecule has 0 fully saturated rings. The average Bonchev–Trinajstić information content (AvgIpc) is 2.49. The number of hydrogen-bond donors (Lipinski definition) is 1. The number of nitrogens with one attached hydrogen (secondary N) is 1. The molecule has 1 heterocycles. The number of fused-ring (bicyclic) bond motifs is 1. The quantitative estimate of drug-likeness (QED) is 0.574. The van der Waals surface area contributed by atoms with Crippen molar-refractivity contribution < 1.29 is 8.42 Å². The van der Waals surface area contributed by atoms with Gasteiger partial charge in [0, 0.05) is 6.42 Å². The maximum Gasteiger partial charge on any atom is 0.219 e. The highest BCUT2D eigenvalue weighted by Gasteiger charge is 2.14. The predicted molar refractivity (Wildman–Crippen MR) is 44.1 cm³/mol. The monoisotopic (exact) mass is 181 g/mol. The fraction of sp³-hybridized carbons (Fsp3) is 0.143. The standard InChI is InChI=1S/C7H5N2O2S/c10-12(11)6-3-1-2-5-7(6)9-4-8-5/h1-2H,3H2,(H,8,9). The third-order valence-electron chi connectivity index (χ3n) is 1.67. The molecule has 1 aromatic heterocycles. The topological polar surface area (TPSA) is 62.8 Å². The molecular weight excluding hydrogens is 176 g/mol. The summed E-state index contributed by atoms with van der Waals surface area (Å²) in [6.45, 7) is 0. The number of H-pyrrole nitrogens is 1. The molecule has 4 nitrogen and oxygen atoms in total. The molecule has 0 bridgehead atoms. The lowest BCUT2D eigenvalue weighted by Gasteiger charge is -2.01. The Kier molecular flexibility index (Phi) is 1.58. The molecule has 1 aliphatic carbocycles. The normalized spacial score (nSPS) is 14.5. The van der Waals surface area contributed by atoms with Crippen molar-refractivity contribution in [1.29, 1.82) is 0 Å². The molecular formula is C7H5N2O2S. The SMILES string of the molecule is O=S(=O)=C1CC=Cc2[nH][c]nc21. The molecule has 0 aliphatic heterocycles. The van der Waals surface area contributed by atoms with Crippen LogP contribution in [-0.2, 0) is 10.3 Å². The van der Waals surface area contributed by atoms with E-state index in [1.165, 1.54) is 0 Å². The summed E-state index contributed by atoms with van der Waals surface area (Å²) in [5.41, 5.74) is 1.20. The summed E-state index contributed by atoms with van der Waals surface area (Å²) in [5, 5.41) is 0. The van der Waals surface area contributed by atoms with Crippen LogP contribution in [-0.4, -0.2) is 23.3 Å². The summed E-state index contributed by atoms with van der Waals surface area (Å²) in [4.78, 5) is 6.85. The van der Waals surface area contributed by atoms with E-state index < -0.39 is 10.3 Å². The molecule has 1 radical (unpaired) electrons. The zero-order chi connectivity index (χ0) is 8.55. The van der Waals surface area contributed by atoms with Gasteiger partial charge in [-0.25, -0.2) is 4.98 Å². The second-order valence-corrected chi connectivity index (χ2v) is 3.34. The van der Waals surface area contributed by atoms with E-state index in [2.05, 4.69) is 16.3 Å². The molecule has 1 aliphatic rings. The van der Waals surface area contributed by atoms with Gasteiger partial charge in [0.15, 0.2) is 6.33 Å². The third kappa shape index (κ3) is 0.984. The van der Waals surface area contributed by atoms with Crippen LogP contribution < -0.4 is 0 Å². The zero-order valence-corrected chi connectivity index (χ0v) is 6.85. The Balaban J connectivity index is 2.76. The fourth-order valence-electron chi connectivity index (χ4n) is 1.12. The molecule has 1 aromatic rings. The lowest BCUT2D eigenvalue weighted by Crippen LogP contribution is -2.06. The summed E-state index contributed by atoms with van der Waals surface area (Å²) < 4.78 is 21.4. The second-order valence-electron chi connectivity index (χ2n) is 2.38. The average molecular weight is 181 g/mol. The van der Waals surface area contributed by atoms with Crippen molar-refractivity contribution in [2.75, 3.05) is 0 Å². The minimum absolute atomic E-state index is 0.324. The largest absolute Gasteiger partial charge is 0.335 e. The van der Waals surface area contributed by atoms with E-state index in [0.29, 0.717) is 22.7 Å². The molecule has 1 N–H and O–H groups in total. The number of hydrogen-bond acceptors (Lipinski definition) is 3. The van der Waals surface area contributed by atoms with Crippen LogP contribution in [0.2, 0.25) is 0 Å². The van der Waals surface area contributed by atoms with E-state index in [-0.39, 0.29) is 0 Å². The second kappa shape index (κ2) is 2.60. The Morgan fingerprint density at radius 2 is 2.42 bits per heavy atom. The maximum absolute atomic E-state index is 10.7. The third-order valence-corrected chi connectivity index (χ3v) is 2.43. The maximum atomic E-state index is 10.7. The van der Waals surface area contributed by atoms with Crippen LogP contribution in [0.15, 0.2) is 6.08 Å². The van der Waals surface area contributed by atoms with Crippen LogP contribution >= 0.6 is 0 Å². The van der Waals surface area contributed by atoms with Crippen molar-refractivity contribution in [1.82, 2.24) is 9.97 Å². The van der Waals surface area contributed by atoms with Gasteiger partial charge in [0.05, 0.1) is 5.69 Å². The van der Waals surface area contributed by atoms with E-state index in [1.807, 2.05) is 0 Å². The summed E-state index contributed by atoms with van der Waals surface area (Å²) in [7, 11) is -2.18. The number of allylic oxidation sites excluding steroid dienone is 1. The first-order valence-electron chi connectivity index (χ1n) is 3.37. The Morgan fingerprint density at radius 3 is 3.17 bits per heavy atom. The lowest BCUT2D eigenvalue weighted by molar-refractivity contribution is 0.627. The van der Waals surface area contributed by atoms with Crippen molar-refractivity contribution >= 4 is 21.2 Å². The molecule has 0 spiro atoms. The number of nitrogens with zero attached hydrogens (tertiary/aromatic N) is 1. The molecule has 0 saturated heterocycles. The van der Waals surface area contributed by atoms with E-state index in [4.69, 9.17) is 0 Å². The first-order valence-corrected chi connectivity index (χ1v) is 4.44. The van der Waals surface area contributed by atoms with E-state index >= 15 is 0 Å². The van der Waals surface area contributed by atoms with E-state index in [0.717, 1.165) is 0 Å².